The molecule has 25 heavy (non-hydrogen) atoms. The van der Waals surface area contributed by atoms with Crippen molar-refractivity contribution in [1.29, 1.82) is 0 Å². The van der Waals surface area contributed by atoms with E-state index in [9.17, 15) is 5.11 Å². The second kappa shape index (κ2) is 8.50. The van der Waals surface area contributed by atoms with Crippen molar-refractivity contribution in [2.45, 2.75) is 39.2 Å². The summed E-state index contributed by atoms with van der Waals surface area (Å²) in [6.45, 7) is 7.95. The molecule has 1 aliphatic rings. The highest BCUT2D eigenvalue weighted by molar-refractivity contribution is 5.72. The molecule has 0 unspecified atom stereocenters. The Hall–Kier alpha value is -1.84. The van der Waals surface area contributed by atoms with Crippen LogP contribution in [0, 0.1) is 13.8 Å². The highest BCUT2D eigenvalue weighted by Crippen LogP contribution is 2.31. The van der Waals surface area contributed by atoms with Gasteiger partial charge in [0.25, 0.3) is 0 Å². The van der Waals surface area contributed by atoms with Crippen molar-refractivity contribution < 1.29 is 9.84 Å². The van der Waals surface area contributed by atoms with E-state index in [2.05, 4.69) is 61.2 Å². The zero-order valence-corrected chi connectivity index (χ0v) is 15.4. The lowest BCUT2D eigenvalue weighted by Crippen LogP contribution is -2.23. The predicted molar refractivity (Wildman–Crippen MR) is 103 cm³/mol. The SMILES string of the molecule is Cc1ccccc1-c1cccc(OCCCCN2CC[C@@H](O)C2)c1C. The van der Waals surface area contributed by atoms with Gasteiger partial charge in [0.2, 0.25) is 0 Å². The summed E-state index contributed by atoms with van der Waals surface area (Å²) in [5.74, 6) is 0.984. The van der Waals surface area contributed by atoms with Gasteiger partial charge in [0.1, 0.15) is 5.75 Å². The molecular formula is C22H29NO2. The van der Waals surface area contributed by atoms with Crippen LogP contribution in [0.15, 0.2) is 42.5 Å². The minimum absolute atomic E-state index is 0.122. The maximum atomic E-state index is 9.55. The number of hydrogen-bond acceptors (Lipinski definition) is 3. The van der Waals surface area contributed by atoms with E-state index in [4.69, 9.17) is 4.74 Å². The lowest BCUT2D eigenvalue weighted by molar-refractivity contribution is 0.175. The van der Waals surface area contributed by atoms with Crippen molar-refractivity contribution in [3.63, 3.8) is 0 Å². The summed E-state index contributed by atoms with van der Waals surface area (Å²) in [4.78, 5) is 2.34. The van der Waals surface area contributed by atoms with Gasteiger partial charge in [-0.2, -0.15) is 0 Å². The zero-order chi connectivity index (χ0) is 17.6. The molecule has 1 fully saturated rings. The standard InChI is InChI=1S/C22H29NO2/c1-17-8-3-4-9-20(17)21-10-7-11-22(18(21)2)25-15-6-5-13-23-14-12-19(24)16-23/h3-4,7-11,19,24H,5-6,12-16H2,1-2H3/t19-/m1/s1. The van der Waals surface area contributed by atoms with Crippen LogP contribution in [0.25, 0.3) is 11.1 Å². The molecule has 2 aromatic carbocycles. The van der Waals surface area contributed by atoms with Crippen LogP contribution in [0.1, 0.15) is 30.4 Å². The fourth-order valence-electron chi connectivity index (χ4n) is 3.57. The molecule has 0 spiro atoms. The first-order chi connectivity index (χ1) is 12.1. The van der Waals surface area contributed by atoms with Crippen LogP contribution in [-0.2, 0) is 0 Å². The number of aliphatic hydroxyl groups excluding tert-OH is 1. The maximum Gasteiger partial charge on any atom is 0.122 e. The molecule has 1 aliphatic heterocycles. The molecule has 134 valence electrons. The Kier molecular flexibility index (Phi) is 6.11. The Bertz CT molecular complexity index is 698. The Morgan fingerprint density at radius 1 is 1.04 bits per heavy atom. The molecule has 0 aromatic heterocycles. The van der Waals surface area contributed by atoms with Gasteiger partial charge in [-0.05, 0) is 68.0 Å². The van der Waals surface area contributed by atoms with Gasteiger partial charge in [-0.25, -0.2) is 0 Å². The molecule has 3 nitrogen and oxygen atoms in total. The number of nitrogens with zero attached hydrogens (tertiary/aromatic N) is 1. The zero-order valence-electron chi connectivity index (χ0n) is 15.4. The van der Waals surface area contributed by atoms with E-state index in [1.54, 1.807) is 0 Å². The minimum atomic E-state index is -0.122. The first kappa shape index (κ1) is 18.0. The van der Waals surface area contributed by atoms with Crippen molar-refractivity contribution in [2.75, 3.05) is 26.2 Å². The van der Waals surface area contributed by atoms with Crippen LogP contribution in [-0.4, -0.2) is 42.4 Å². The number of aliphatic hydroxyl groups is 1. The maximum absolute atomic E-state index is 9.55. The fraction of sp³-hybridized carbons (Fsp3) is 0.455. The molecule has 1 N–H and O–H groups in total. The molecule has 2 aromatic rings. The van der Waals surface area contributed by atoms with Gasteiger partial charge >= 0.3 is 0 Å². The lowest BCUT2D eigenvalue weighted by Gasteiger charge is -2.16. The average Bonchev–Trinajstić information content (AvgIpc) is 3.02. The molecule has 3 rings (SSSR count). The van der Waals surface area contributed by atoms with Crippen LogP contribution in [0.5, 0.6) is 5.75 Å². The van der Waals surface area contributed by atoms with E-state index in [-0.39, 0.29) is 6.10 Å². The van der Waals surface area contributed by atoms with Gasteiger partial charge < -0.3 is 14.7 Å². The first-order valence-electron chi connectivity index (χ1n) is 9.34. The van der Waals surface area contributed by atoms with E-state index < -0.39 is 0 Å². The molecule has 0 saturated carbocycles. The minimum Gasteiger partial charge on any atom is -0.493 e. The van der Waals surface area contributed by atoms with Crippen molar-refractivity contribution >= 4 is 0 Å². The summed E-state index contributed by atoms with van der Waals surface area (Å²) in [5, 5.41) is 9.55. The van der Waals surface area contributed by atoms with E-state index in [0.29, 0.717) is 0 Å². The number of ether oxygens (including phenoxy) is 1. The molecule has 1 saturated heterocycles. The molecule has 0 bridgehead atoms. The summed E-state index contributed by atoms with van der Waals surface area (Å²) in [6.07, 6.45) is 2.95. The van der Waals surface area contributed by atoms with E-state index in [1.165, 1.54) is 22.3 Å². The molecule has 3 heteroatoms. The number of β-amino-alcohol motifs (C(OH)–C–C–N with tert-alkyl or cyclic N) is 1. The largest absolute Gasteiger partial charge is 0.493 e. The third kappa shape index (κ3) is 4.62. The number of likely N-dealkylation sites (tertiary alicyclic amines) is 1. The normalized spacial score (nSPS) is 17.8. The molecule has 0 aliphatic carbocycles. The Morgan fingerprint density at radius 2 is 1.84 bits per heavy atom. The van der Waals surface area contributed by atoms with Gasteiger partial charge in [0.05, 0.1) is 12.7 Å². The summed E-state index contributed by atoms with van der Waals surface area (Å²) >= 11 is 0. The Labute approximate surface area is 151 Å². The Balaban J connectivity index is 1.53. The number of aryl methyl sites for hydroxylation is 1. The van der Waals surface area contributed by atoms with Gasteiger partial charge in [-0.3, -0.25) is 0 Å². The van der Waals surface area contributed by atoms with Crippen molar-refractivity contribution in [3.05, 3.63) is 53.6 Å². The monoisotopic (exact) mass is 339 g/mol. The average molecular weight is 339 g/mol. The van der Waals surface area contributed by atoms with E-state index in [0.717, 1.165) is 51.3 Å². The van der Waals surface area contributed by atoms with Gasteiger partial charge in [0.15, 0.2) is 0 Å². The van der Waals surface area contributed by atoms with Crippen LogP contribution in [0.2, 0.25) is 0 Å². The smallest absolute Gasteiger partial charge is 0.122 e. The predicted octanol–water partition coefficient (Wildman–Crippen LogP) is 4.20. The lowest BCUT2D eigenvalue weighted by atomic mass is 9.96. The quantitative estimate of drug-likeness (QED) is 0.768. The molecule has 1 atom stereocenters. The van der Waals surface area contributed by atoms with Crippen molar-refractivity contribution in [1.82, 2.24) is 4.90 Å². The highest BCUT2D eigenvalue weighted by Gasteiger charge is 2.19. The van der Waals surface area contributed by atoms with Gasteiger partial charge in [-0.1, -0.05) is 36.4 Å². The molecule has 0 amide bonds. The summed E-state index contributed by atoms with van der Waals surface area (Å²) in [5.41, 5.74) is 5.02. The van der Waals surface area contributed by atoms with Crippen molar-refractivity contribution in [2.24, 2.45) is 0 Å². The summed E-state index contributed by atoms with van der Waals surface area (Å²) < 4.78 is 6.06. The van der Waals surface area contributed by atoms with Crippen molar-refractivity contribution in [3.8, 4) is 16.9 Å². The van der Waals surface area contributed by atoms with Crippen LogP contribution >= 0.6 is 0 Å². The summed E-state index contributed by atoms with van der Waals surface area (Å²) in [7, 11) is 0. The number of rotatable bonds is 7. The molecule has 0 radical (unpaired) electrons. The van der Waals surface area contributed by atoms with Crippen LogP contribution in [0.3, 0.4) is 0 Å². The Morgan fingerprint density at radius 3 is 2.60 bits per heavy atom. The number of unbranched alkanes of at least 4 members (excludes halogenated alkanes) is 1. The summed E-state index contributed by atoms with van der Waals surface area (Å²) in [6, 6.07) is 14.8. The fourth-order valence-corrected chi connectivity index (χ4v) is 3.57. The number of benzene rings is 2. The first-order valence-corrected chi connectivity index (χ1v) is 9.34. The van der Waals surface area contributed by atoms with Gasteiger partial charge in [-0.15, -0.1) is 0 Å². The second-order valence-corrected chi connectivity index (χ2v) is 7.04. The van der Waals surface area contributed by atoms with Gasteiger partial charge in [0, 0.05) is 13.1 Å². The number of hydrogen-bond donors (Lipinski definition) is 1. The van der Waals surface area contributed by atoms with Crippen LogP contribution < -0.4 is 4.74 Å². The molecule has 1 heterocycles. The van der Waals surface area contributed by atoms with Crippen LogP contribution in [0.4, 0.5) is 0 Å². The van der Waals surface area contributed by atoms with E-state index in [1.807, 2.05) is 0 Å². The topological polar surface area (TPSA) is 32.7 Å². The third-order valence-corrected chi connectivity index (χ3v) is 5.09. The van der Waals surface area contributed by atoms with E-state index >= 15 is 0 Å². The third-order valence-electron chi connectivity index (χ3n) is 5.09. The second-order valence-electron chi connectivity index (χ2n) is 7.04. The molecular weight excluding hydrogens is 310 g/mol. The highest BCUT2D eigenvalue weighted by atomic mass is 16.5.